The number of para-hydroxylation sites is 2. The highest BCUT2D eigenvalue weighted by molar-refractivity contribution is 9.10. The Balaban J connectivity index is 1.27. The van der Waals surface area contributed by atoms with Gasteiger partial charge in [-0.2, -0.15) is 0 Å². The van der Waals surface area contributed by atoms with Gasteiger partial charge in [0.1, 0.15) is 12.4 Å². The maximum Gasteiger partial charge on any atom is 0.267 e. The van der Waals surface area contributed by atoms with Gasteiger partial charge in [0.2, 0.25) is 6.10 Å². The van der Waals surface area contributed by atoms with Crippen molar-refractivity contribution in [1.29, 1.82) is 0 Å². The van der Waals surface area contributed by atoms with Crippen LogP contribution < -0.4 is 14.2 Å². The summed E-state index contributed by atoms with van der Waals surface area (Å²) in [6, 6.07) is 12.3. The van der Waals surface area contributed by atoms with E-state index < -0.39 is 6.10 Å². The van der Waals surface area contributed by atoms with E-state index in [2.05, 4.69) is 15.9 Å². The number of nitrogens with zero attached hydrogens (tertiary/aromatic N) is 2. The Labute approximate surface area is 187 Å². The number of amides is 2. The molecule has 0 spiro atoms. The highest BCUT2D eigenvalue weighted by Gasteiger charge is 2.33. The minimum atomic E-state index is -0.695. The Morgan fingerprint density at radius 1 is 1.06 bits per heavy atom. The topological polar surface area (TPSA) is 85.4 Å². The van der Waals surface area contributed by atoms with Crippen molar-refractivity contribution in [1.82, 2.24) is 9.80 Å². The number of rotatable bonds is 5. The van der Waals surface area contributed by atoms with E-state index in [0.717, 1.165) is 4.47 Å². The number of halogens is 1. The van der Waals surface area contributed by atoms with E-state index in [0.29, 0.717) is 55.3 Å². The highest BCUT2D eigenvalue weighted by atomic mass is 79.9. The molecule has 2 aliphatic heterocycles. The number of carbonyl (C=O) groups excluding carboxylic acids is 3. The van der Waals surface area contributed by atoms with Crippen molar-refractivity contribution in [3.05, 3.63) is 52.5 Å². The second-order valence-corrected chi connectivity index (χ2v) is 8.07. The third-order valence-corrected chi connectivity index (χ3v) is 5.67. The van der Waals surface area contributed by atoms with Gasteiger partial charge >= 0.3 is 0 Å². The first kappa shape index (κ1) is 21.2. The number of hydrogen-bond acceptors (Lipinski definition) is 6. The largest absolute Gasteiger partial charge is 0.485 e. The molecule has 2 aromatic rings. The van der Waals surface area contributed by atoms with Gasteiger partial charge in [0, 0.05) is 30.7 Å². The van der Waals surface area contributed by atoms with Gasteiger partial charge in [0.15, 0.2) is 24.4 Å². The zero-order valence-electron chi connectivity index (χ0n) is 16.7. The standard InChI is InChI=1S/C22H21BrN2O6/c23-16-5-6-17(15(11-16)12-26)30-14-21(27)24-7-9-25(10-8-24)22(28)20-13-29-18-3-1-2-4-19(18)31-20/h1-6,11-12,20H,7-10,13-14H2/t20-/m0/s1. The molecule has 0 saturated carbocycles. The molecule has 1 atom stereocenters. The molecule has 0 radical (unpaired) electrons. The molecule has 2 amide bonds. The number of ether oxygens (including phenoxy) is 3. The molecule has 1 saturated heterocycles. The summed E-state index contributed by atoms with van der Waals surface area (Å²) in [7, 11) is 0. The lowest BCUT2D eigenvalue weighted by Gasteiger charge is -2.37. The molecule has 4 rings (SSSR count). The molecule has 2 heterocycles. The van der Waals surface area contributed by atoms with Crippen molar-refractivity contribution in [2.45, 2.75) is 6.10 Å². The molecule has 2 aromatic carbocycles. The maximum absolute atomic E-state index is 12.8. The average molecular weight is 489 g/mol. The SMILES string of the molecule is O=Cc1cc(Br)ccc1OCC(=O)N1CCN(C(=O)[C@@H]2COc3ccccc3O2)CC1. The summed E-state index contributed by atoms with van der Waals surface area (Å²) < 4.78 is 17.7. The summed E-state index contributed by atoms with van der Waals surface area (Å²) in [5.74, 6) is 1.20. The second-order valence-electron chi connectivity index (χ2n) is 7.16. The summed E-state index contributed by atoms with van der Waals surface area (Å²) >= 11 is 3.30. The van der Waals surface area contributed by atoms with Crippen molar-refractivity contribution in [3.8, 4) is 17.2 Å². The Hall–Kier alpha value is -3.07. The Bertz CT molecular complexity index is 990. The molecule has 0 N–H and O–H groups in total. The zero-order valence-corrected chi connectivity index (χ0v) is 18.2. The van der Waals surface area contributed by atoms with Gasteiger partial charge in [-0.25, -0.2) is 0 Å². The molecule has 0 aromatic heterocycles. The molecule has 9 heteroatoms. The third kappa shape index (κ3) is 4.82. The van der Waals surface area contributed by atoms with E-state index >= 15 is 0 Å². The normalized spacial score (nSPS) is 17.8. The van der Waals surface area contributed by atoms with Crippen LogP contribution in [0.3, 0.4) is 0 Å². The summed E-state index contributed by atoms with van der Waals surface area (Å²) in [5.41, 5.74) is 0.369. The number of aldehydes is 1. The van der Waals surface area contributed by atoms with E-state index in [4.69, 9.17) is 14.2 Å². The first-order chi connectivity index (χ1) is 15.0. The Kier molecular flexibility index (Phi) is 6.41. The highest BCUT2D eigenvalue weighted by Crippen LogP contribution is 2.31. The van der Waals surface area contributed by atoms with Crippen LogP contribution in [0.2, 0.25) is 0 Å². The van der Waals surface area contributed by atoms with Crippen LogP contribution in [0.15, 0.2) is 46.9 Å². The van der Waals surface area contributed by atoms with Gasteiger partial charge in [0.25, 0.3) is 11.8 Å². The third-order valence-electron chi connectivity index (χ3n) is 5.18. The second kappa shape index (κ2) is 9.38. The summed E-state index contributed by atoms with van der Waals surface area (Å²) in [6.45, 7) is 1.60. The van der Waals surface area contributed by atoms with E-state index in [1.165, 1.54) is 0 Å². The lowest BCUT2D eigenvalue weighted by atomic mass is 10.2. The fraction of sp³-hybridized carbons (Fsp3) is 0.318. The fourth-order valence-corrected chi connectivity index (χ4v) is 3.87. The van der Waals surface area contributed by atoms with Crippen molar-refractivity contribution in [2.24, 2.45) is 0 Å². The van der Waals surface area contributed by atoms with Crippen LogP contribution in [-0.4, -0.2) is 73.4 Å². The quantitative estimate of drug-likeness (QED) is 0.599. The van der Waals surface area contributed by atoms with Crippen LogP contribution in [0.1, 0.15) is 10.4 Å². The summed E-state index contributed by atoms with van der Waals surface area (Å²) in [4.78, 5) is 39.8. The lowest BCUT2D eigenvalue weighted by molar-refractivity contribution is -0.146. The predicted octanol–water partition coefficient (Wildman–Crippen LogP) is 2.15. The van der Waals surface area contributed by atoms with Gasteiger partial charge in [-0.3, -0.25) is 14.4 Å². The van der Waals surface area contributed by atoms with Gasteiger partial charge in [-0.1, -0.05) is 28.1 Å². The van der Waals surface area contributed by atoms with E-state index in [1.807, 2.05) is 12.1 Å². The molecule has 1 fully saturated rings. The molecule has 162 valence electrons. The monoisotopic (exact) mass is 488 g/mol. The fourth-order valence-electron chi connectivity index (χ4n) is 3.49. The average Bonchev–Trinajstić information content (AvgIpc) is 2.82. The number of carbonyl (C=O) groups is 3. The first-order valence-corrected chi connectivity index (χ1v) is 10.7. The van der Waals surface area contributed by atoms with Gasteiger partial charge in [0.05, 0.1) is 5.56 Å². The van der Waals surface area contributed by atoms with Crippen molar-refractivity contribution in [2.75, 3.05) is 39.4 Å². The van der Waals surface area contributed by atoms with Crippen LogP contribution in [0.4, 0.5) is 0 Å². The minimum Gasteiger partial charge on any atom is -0.485 e. The molecule has 8 nitrogen and oxygen atoms in total. The van der Waals surface area contributed by atoms with Crippen LogP contribution in [0.25, 0.3) is 0 Å². The Morgan fingerprint density at radius 2 is 1.77 bits per heavy atom. The van der Waals surface area contributed by atoms with Crippen LogP contribution in [0, 0.1) is 0 Å². The molecular weight excluding hydrogens is 468 g/mol. The predicted molar refractivity (Wildman–Crippen MR) is 115 cm³/mol. The number of piperazine rings is 1. The van der Waals surface area contributed by atoms with Crippen LogP contribution in [-0.2, 0) is 9.59 Å². The molecule has 31 heavy (non-hydrogen) atoms. The molecular formula is C22H21BrN2O6. The maximum atomic E-state index is 12.8. The Morgan fingerprint density at radius 3 is 2.52 bits per heavy atom. The first-order valence-electron chi connectivity index (χ1n) is 9.88. The van der Waals surface area contributed by atoms with Gasteiger partial charge < -0.3 is 24.0 Å². The minimum absolute atomic E-state index is 0.150. The van der Waals surface area contributed by atoms with Crippen molar-refractivity contribution in [3.63, 3.8) is 0 Å². The van der Waals surface area contributed by atoms with E-state index in [1.54, 1.807) is 40.1 Å². The summed E-state index contributed by atoms with van der Waals surface area (Å²) in [5, 5.41) is 0. The number of fused-ring (bicyclic) bond motifs is 1. The van der Waals surface area contributed by atoms with Crippen molar-refractivity contribution < 1.29 is 28.6 Å². The zero-order chi connectivity index (χ0) is 21.8. The van der Waals surface area contributed by atoms with Crippen LogP contribution >= 0.6 is 15.9 Å². The smallest absolute Gasteiger partial charge is 0.267 e. The van der Waals surface area contributed by atoms with Crippen molar-refractivity contribution >= 4 is 34.0 Å². The summed E-state index contributed by atoms with van der Waals surface area (Å²) in [6.07, 6.45) is -0.00985. The van der Waals surface area contributed by atoms with Gasteiger partial charge in [-0.05, 0) is 30.3 Å². The van der Waals surface area contributed by atoms with Gasteiger partial charge in [-0.15, -0.1) is 0 Å². The lowest BCUT2D eigenvalue weighted by Crippen LogP contribution is -2.55. The van der Waals surface area contributed by atoms with E-state index in [-0.39, 0.29) is 25.0 Å². The molecule has 0 unspecified atom stereocenters. The molecule has 0 bridgehead atoms. The molecule has 2 aliphatic rings. The number of benzene rings is 2. The van der Waals surface area contributed by atoms with E-state index in [9.17, 15) is 14.4 Å². The number of hydrogen-bond donors (Lipinski definition) is 0. The molecule has 0 aliphatic carbocycles. The van der Waals surface area contributed by atoms with Crippen LogP contribution in [0.5, 0.6) is 17.2 Å².